The van der Waals surface area contributed by atoms with Crippen molar-refractivity contribution >= 4 is 38.5 Å². The van der Waals surface area contributed by atoms with Gasteiger partial charge in [0.15, 0.2) is 0 Å². The van der Waals surface area contributed by atoms with E-state index in [-0.39, 0.29) is 11.9 Å². The first-order valence-electron chi connectivity index (χ1n) is 7.42. The molecule has 122 valence electrons. The van der Waals surface area contributed by atoms with Crippen LogP contribution in [-0.4, -0.2) is 40.5 Å². The highest BCUT2D eigenvalue weighted by molar-refractivity contribution is 6.91. The summed E-state index contributed by atoms with van der Waals surface area (Å²) in [6.45, 7) is 11.6. The molecule has 0 saturated heterocycles. The molecular weight excluding hydrogens is 312 g/mol. The molecule has 1 rings (SSSR count). The summed E-state index contributed by atoms with van der Waals surface area (Å²) in [5, 5.41) is 2.52. The van der Waals surface area contributed by atoms with Crippen LogP contribution < -0.4 is 10.4 Å². The van der Waals surface area contributed by atoms with Gasteiger partial charge in [0.05, 0.1) is 12.5 Å². The maximum absolute atomic E-state index is 11.0. The van der Waals surface area contributed by atoms with E-state index in [9.17, 15) is 9.59 Å². The average Bonchev–Trinajstić information content (AvgIpc) is 2.43. The van der Waals surface area contributed by atoms with E-state index in [1.807, 2.05) is 0 Å². The van der Waals surface area contributed by atoms with E-state index in [0.717, 1.165) is 0 Å². The second kappa shape index (κ2) is 7.24. The standard InChI is InChI=1S/C16H26O4Si2/c1-13(17)19-11-21(3,4)15-7-9-16(10-8-15)22(5,6)12-20-14(2)18/h7-10H,11-12H2,1-6H3. The number of hydrogen-bond donors (Lipinski definition) is 0. The Morgan fingerprint density at radius 3 is 1.27 bits per heavy atom. The lowest BCUT2D eigenvalue weighted by Gasteiger charge is -2.25. The quantitative estimate of drug-likeness (QED) is 0.585. The molecule has 0 aliphatic rings. The van der Waals surface area contributed by atoms with Crippen LogP contribution in [0.25, 0.3) is 0 Å². The second-order valence-corrected chi connectivity index (χ2v) is 16.2. The molecule has 0 unspecified atom stereocenters. The highest BCUT2D eigenvalue weighted by Crippen LogP contribution is 2.07. The van der Waals surface area contributed by atoms with E-state index >= 15 is 0 Å². The molecule has 22 heavy (non-hydrogen) atoms. The largest absolute Gasteiger partial charge is 0.469 e. The van der Waals surface area contributed by atoms with E-state index in [4.69, 9.17) is 9.47 Å². The van der Waals surface area contributed by atoms with E-state index < -0.39 is 16.1 Å². The summed E-state index contributed by atoms with van der Waals surface area (Å²) in [4.78, 5) is 22.0. The van der Waals surface area contributed by atoms with Gasteiger partial charge in [0.1, 0.15) is 16.1 Å². The first-order valence-corrected chi connectivity index (χ1v) is 13.8. The highest BCUT2D eigenvalue weighted by atomic mass is 28.3. The van der Waals surface area contributed by atoms with Gasteiger partial charge in [-0.25, -0.2) is 0 Å². The zero-order valence-electron chi connectivity index (χ0n) is 14.4. The van der Waals surface area contributed by atoms with Gasteiger partial charge in [-0.1, -0.05) is 60.8 Å². The van der Waals surface area contributed by atoms with Crippen molar-refractivity contribution < 1.29 is 19.1 Å². The number of ether oxygens (including phenoxy) is 2. The van der Waals surface area contributed by atoms with E-state index in [1.165, 1.54) is 24.2 Å². The molecule has 0 atom stereocenters. The fourth-order valence-electron chi connectivity index (χ4n) is 2.10. The van der Waals surface area contributed by atoms with Crippen LogP contribution in [0.3, 0.4) is 0 Å². The van der Waals surface area contributed by atoms with Gasteiger partial charge in [-0.3, -0.25) is 9.59 Å². The van der Waals surface area contributed by atoms with Crippen LogP contribution in [0.5, 0.6) is 0 Å². The summed E-state index contributed by atoms with van der Waals surface area (Å²) >= 11 is 0. The van der Waals surface area contributed by atoms with Crippen LogP contribution in [-0.2, 0) is 19.1 Å². The predicted molar refractivity (Wildman–Crippen MR) is 93.9 cm³/mol. The van der Waals surface area contributed by atoms with Gasteiger partial charge in [0, 0.05) is 13.8 Å². The third-order valence-corrected chi connectivity index (χ3v) is 9.25. The number of esters is 2. The number of rotatable bonds is 6. The monoisotopic (exact) mass is 338 g/mol. The van der Waals surface area contributed by atoms with Crippen molar-refractivity contribution in [2.75, 3.05) is 12.5 Å². The van der Waals surface area contributed by atoms with Crippen LogP contribution in [0.15, 0.2) is 24.3 Å². The third kappa shape index (κ3) is 5.42. The van der Waals surface area contributed by atoms with Gasteiger partial charge in [-0.2, -0.15) is 0 Å². The van der Waals surface area contributed by atoms with Gasteiger partial charge in [0.2, 0.25) is 0 Å². The molecule has 1 aromatic carbocycles. The molecule has 4 nitrogen and oxygen atoms in total. The fraction of sp³-hybridized carbons (Fsp3) is 0.500. The van der Waals surface area contributed by atoms with Crippen LogP contribution in [0.4, 0.5) is 0 Å². The number of benzene rings is 1. The Hall–Kier alpha value is -1.41. The number of carbonyl (C=O) groups is 2. The molecule has 6 heteroatoms. The minimum Gasteiger partial charge on any atom is -0.469 e. The first kappa shape index (κ1) is 18.6. The Morgan fingerprint density at radius 2 is 1.05 bits per heavy atom. The molecule has 0 saturated carbocycles. The van der Waals surface area contributed by atoms with Crippen LogP contribution in [0, 0.1) is 0 Å². The summed E-state index contributed by atoms with van der Waals surface area (Å²) in [5.74, 6) is -0.459. The van der Waals surface area contributed by atoms with Crippen molar-refractivity contribution in [1.29, 1.82) is 0 Å². The molecule has 0 amide bonds. The molecule has 0 N–H and O–H groups in total. The number of carbonyl (C=O) groups excluding carboxylic acids is 2. The summed E-state index contributed by atoms with van der Waals surface area (Å²) in [6, 6.07) is 8.53. The topological polar surface area (TPSA) is 52.6 Å². The van der Waals surface area contributed by atoms with E-state index in [1.54, 1.807) is 0 Å². The Bertz CT molecular complexity index is 487. The van der Waals surface area contributed by atoms with Gasteiger partial charge >= 0.3 is 11.9 Å². The Kier molecular flexibility index (Phi) is 6.13. The van der Waals surface area contributed by atoms with Gasteiger partial charge in [-0.15, -0.1) is 0 Å². The summed E-state index contributed by atoms with van der Waals surface area (Å²) in [5.41, 5.74) is 0. The van der Waals surface area contributed by atoms with Gasteiger partial charge in [0.25, 0.3) is 0 Å². The lowest BCUT2D eigenvalue weighted by Crippen LogP contribution is -2.50. The minimum atomic E-state index is -1.77. The predicted octanol–water partition coefficient (Wildman–Crippen LogP) is 1.72. The van der Waals surface area contributed by atoms with E-state index in [2.05, 4.69) is 50.5 Å². The molecule has 0 bridgehead atoms. The average molecular weight is 339 g/mol. The molecular formula is C16H26O4Si2. The summed E-state index contributed by atoms with van der Waals surface area (Å²) < 4.78 is 10.4. The van der Waals surface area contributed by atoms with Crippen LogP contribution in [0.2, 0.25) is 26.2 Å². The van der Waals surface area contributed by atoms with Crippen molar-refractivity contribution in [3.8, 4) is 0 Å². The van der Waals surface area contributed by atoms with Gasteiger partial charge in [-0.05, 0) is 0 Å². The zero-order chi connectivity index (χ0) is 17.0. The van der Waals surface area contributed by atoms with Crippen molar-refractivity contribution in [2.45, 2.75) is 40.0 Å². The molecule has 0 heterocycles. The zero-order valence-corrected chi connectivity index (χ0v) is 16.4. The molecule has 0 aliphatic carbocycles. The van der Waals surface area contributed by atoms with Crippen molar-refractivity contribution in [3.05, 3.63) is 24.3 Å². The van der Waals surface area contributed by atoms with Crippen molar-refractivity contribution in [1.82, 2.24) is 0 Å². The van der Waals surface area contributed by atoms with Crippen LogP contribution in [0.1, 0.15) is 13.8 Å². The smallest absolute Gasteiger partial charge is 0.302 e. The molecule has 0 aromatic heterocycles. The molecule has 0 aliphatic heterocycles. The lowest BCUT2D eigenvalue weighted by molar-refractivity contribution is -0.140. The van der Waals surface area contributed by atoms with E-state index in [0.29, 0.717) is 12.5 Å². The minimum absolute atomic E-state index is 0.230. The molecule has 0 fully saturated rings. The Labute approximate surface area is 134 Å². The Balaban J connectivity index is 2.85. The highest BCUT2D eigenvalue weighted by Gasteiger charge is 2.28. The Morgan fingerprint density at radius 1 is 0.773 bits per heavy atom. The normalized spacial score (nSPS) is 11.9. The van der Waals surface area contributed by atoms with Crippen molar-refractivity contribution in [2.24, 2.45) is 0 Å². The maximum Gasteiger partial charge on any atom is 0.302 e. The SMILES string of the molecule is CC(=O)OC[Si](C)(C)c1ccc([Si](C)(C)COC(C)=O)cc1. The maximum atomic E-state index is 11.0. The second-order valence-electron chi connectivity index (χ2n) is 6.91. The van der Waals surface area contributed by atoms with Crippen molar-refractivity contribution in [3.63, 3.8) is 0 Å². The number of hydrogen-bond acceptors (Lipinski definition) is 4. The summed E-state index contributed by atoms with van der Waals surface area (Å²) in [7, 11) is -3.55. The lowest BCUT2D eigenvalue weighted by atomic mass is 10.4. The molecule has 0 radical (unpaired) electrons. The van der Waals surface area contributed by atoms with Crippen LogP contribution >= 0.6 is 0 Å². The fourth-order valence-corrected chi connectivity index (χ4v) is 5.70. The third-order valence-electron chi connectivity index (χ3n) is 3.72. The van der Waals surface area contributed by atoms with Gasteiger partial charge < -0.3 is 9.47 Å². The summed E-state index contributed by atoms with van der Waals surface area (Å²) in [6.07, 6.45) is 0.992. The molecule has 0 spiro atoms. The molecule has 1 aromatic rings. The first-order chi connectivity index (χ1) is 10.0.